The molecule has 0 spiro atoms. The van der Waals surface area contributed by atoms with Crippen molar-refractivity contribution in [2.24, 2.45) is 5.73 Å². The van der Waals surface area contributed by atoms with E-state index in [9.17, 15) is 9.59 Å². The number of nitrogens with zero attached hydrogens (tertiary/aromatic N) is 1. The van der Waals surface area contributed by atoms with Gasteiger partial charge in [-0.15, -0.1) is 0 Å². The first-order chi connectivity index (χ1) is 8.22. The van der Waals surface area contributed by atoms with Crippen molar-refractivity contribution in [2.45, 2.75) is 6.04 Å². The molecule has 17 heavy (non-hydrogen) atoms. The largest absolute Gasteiger partial charge is 0.377 e. The van der Waals surface area contributed by atoms with Crippen LogP contribution in [0.15, 0.2) is 23.1 Å². The van der Waals surface area contributed by atoms with Crippen LogP contribution in [0.5, 0.6) is 0 Å². The molecule has 1 fully saturated rings. The summed E-state index contributed by atoms with van der Waals surface area (Å²) in [6.07, 6.45) is 1.42. The molecular formula is C11H15N3O3. The second-order valence-electron chi connectivity index (χ2n) is 3.90. The molecule has 2 heterocycles. The zero-order valence-electron chi connectivity index (χ0n) is 9.39. The molecule has 1 aromatic heterocycles. The fraction of sp³-hybridized carbons (Fsp3) is 0.455. The maximum Gasteiger partial charge on any atom is 0.255 e. The third kappa shape index (κ3) is 2.54. The van der Waals surface area contributed by atoms with Crippen LogP contribution in [0.3, 0.4) is 0 Å². The molecule has 0 bridgehead atoms. The maximum absolute atomic E-state index is 12.2. The summed E-state index contributed by atoms with van der Waals surface area (Å²) in [6, 6.07) is 2.76. The van der Waals surface area contributed by atoms with Gasteiger partial charge in [0.05, 0.1) is 24.8 Å². The average molecular weight is 237 g/mol. The van der Waals surface area contributed by atoms with Crippen LogP contribution >= 0.6 is 0 Å². The van der Waals surface area contributed by atoms with Crippen molar-refractivity contribution in [2.75, 3.05) is 26.3 Å². The van der Waals surface area contributed by atoms with Crippen LogP contribution in [0, 0.1) is 0 Å². The Kier molecular flexibility index (Phi) is 3.55. The Hall–Kier alpha value is -1.66. The van der Waals surface area contributed by atoms with Gasteiger partial charge in [-0.05, 0) is 6.07 Å². The molecular weight excluding hydrogens is 222 g/mol. The summed E-state index contributed by atoms with van der Waals surface area (Å²) in [5.41, 5.74) is 5.84. The van der Waals surface area contributed by atoms with Crippen LogP contribution < -0.4 is 11.3 Å². The smallest absolute Gasteiger partial charge is 0.255 e. The second kappa shape index (κ2) is 5.11. The number of rotatable bonds is 2. The van der Waals surface area contributed by atoms with Gasteiger partial charge in [0.25, 0.3) is 5.91 Å². The van der Waals surface area contributed by atoms with Crippen molar-refractivity contribution in [3.63, 3.8) is 0 Å². The van der Waals surface area contributed by atoms with Gasteiger partial charge in [-0.2, -0.15) is 0 Å². The van der Waals surface area contributed by atoms with Crippen molar-refractivity contribution >= 4 is 5.91 Å². The molecule has 1 aliphatic rings. The van der Waals surface area contributed by atoms with Gasteiger partial charge in [0.2, 0.25) is 5.56 Å². The number of pyridine rings is 1. The minimum atomic E-state index is -0.223. The Morgan fingerprint density at radius 1 is 1.59 bits per heavy atom. The van der Waals surface area contributed by atoms with Gasteiger partial charge in [-0.25, -0.2) is 0 Å². The number of hydrogen-bond donors (Lipinski definition) is 2. The summed E-state index contributed by atoms with van der Waals surface area (Å²) in [4.78, 5) is 27.3. The summed E-state index contributed by atoms with van der Waals surface area (Å²) in [5, 5.41) is 0. The Morgan fingerprint density at radius 2 is 2.41 bits per heavy atom. The third-order valence-electron chi connectivity index (χ3n) is 2.79. The normalized spacial score (nSPS) is 20.3. The van der Waals surface area contributed by atoms with Crippen molar-refractivity contribution in [1.29, 1.82) is 0 Å². The lowest BCUT2D eigenvalue weighted by Gasteiger charge is -2.34. The zero-order valence-corrected chi connectivity index (χ0v) is 9.39. The molecule has 92 valence electrons. The molecule has 2 rings (SSSR count). The third-order valence-corrected chi connectivity index (χ3v) is 2.79. The minimum Gasteiger partial charge on any atom is -0.377 e. The van der Waals surface area contributed by atoms with Crippen LogP contribution in [-0.4, -0.2) is 48.1 Å². The summed E-state index contributed by atoms with van der Waals surface area (Å²) < 4.78 is 5.28. The standard InChI is InChI=1S/C11H15N3O3/c12-5-9-7-17-4-3-14(9)11(16)8-1-2-10(15)13-6-8/h1-2,6,9H,3-5,7,12H2,(H,13,15). The van der Waals surface area contributed by atoms with Gasteiger partial charge >= 0.3 is 0 Å². The van der Waals surface area contributed by atoms with Crippen LogP contribution in [0.2, 0.25) is 0 Å². The van der Waals surface area contributed by atoms with Crippen LogP contribution in [0.25, 0.3) is 0 Å². The van der Waals surface area contributed by atoms with Crippen molar-refractivity contribution in [3.8, 4) is 0 Å². The van der Waals surface area contributed by atoms with E-state index in [4.69, 9.17) is 10.5 Å². The molecule has 1 amide bonds. The van der Waals surface area contributed by atoms with Gasteiger partial charge in [0, 0.05) is 25.4 Å². The molecule has 1 atom stereocenters. The molecule has 1 unspecified atom stereocenters. The predicted molar refractivity (Wildman–Crippen MR) is 61.8 cm³/mol. The molecule has 0 aliphatic carbocycles. The fourth-order valence-electron chi connectivity index (χ4n) is 1.83. The number of carbonyl (C=O) groups is 1. The van der Waals surface area contributed by atoms with E-state index in [0.29, 0.717) is 31.9 Å². The van der Waals surface area contributed by atoms with E-state index in [1.54, 1.807) is 4.90 Å². The number of aromatic amines is 1. The van der Waals surface area contributed by atoms with Gasteiger partial charge in [-0.3, -0.25) is 9.59 Å². The first kappa shape index (κ1) is 11.8. The molecule has 1 aliphatic heterocycles. The Labute approximate surface area is 98.4 Å². The summed E-state index contributed by atoms with van der Waals surface area (Å²) in [7, 11) is 0. The number of nitrogens with one attached hydrogen (secondary N) is 1. The molecule has 1 aromatic rings. The topological polar surface area (TPSA) is 88.4 Å². The van der Waals surface area contributed by atoms with Gasteiger partial charge in [0.1, 0.15) is 0 Å². The average Bonchev–Trinajstić information content (AvgIpc) is 2.39. The Morgan fingerprint density at radius 3 is 3.06 bits per heavy atom. The van der Waals surface area contributed by atoms with E-state index in [1.807, 2.05) is 0 Å². The number of H-pyrrole nitrogens is 1. The van der Waals surface area contributed by atoms with Crippen LogP contribution in [0.4, 0.5) is 0 Å². The molecule has 0 aromatic carbocycles. The van der Waals surface area contributed by atoms with Crippen molar-refractivity contribution in [1.82, 2.24) is 9.88 Å². The number of hydrogen-bond acceptors (Lipinski definition) is 4. The van der Waals surface area contributed by atoms with Gasteiger partial charge in [0.15, 0.2) is 0 Å². The van der Waals surface area contributed by atoms with E-state index < -0.39 is 0 Å². The highest BCUT2D eigenvalue weighted by molar-refractivity contribution is 5.94. The van der Waals surface area contributed by atoms with Crippen LogP contribution in [-0.2, 0) is 4.74 Å². The van der Waals surface area contributed by atoms with Crippen molar-refractivity contribution < 1.29 is 9.53 Å². The predicted octanol–water partition coefficient (Wildman–Crippen LogP) is -0.825. The molecule has 1 saturated heterocycles. The fourth-order valence-corrected chi connectivity index (χ4v) is 1.83. The number of aromatic nitrogens is 1. The van der Waals surface area contributed by atoms with Gasteiger partial charge < -0.3 is 20.4 Å². The highest BCUT2D eigenvalue weighted by Gasteiger charge is 2.26. The first-order valence-electron chi connectivity index (χ1n) is 5.50. The van der Waals surface area contributed by atoms with Crippen molar-refractivity contribution in [3.05, 3.63) is 34.2 Å². The SMILES string of the molecule is NCC1COCCN1C(=O)c1ccc(=O)[nH]c1. The van der Waals surface area contributed by atoms with E-state index >= 15 is 0 Å². The summed E-state index contributed by atoms with van der Waals surface area (Å²) in [5.74, 6) is -0.125. The lowest BCUT2D eigenvalue weighted by molar-refractivity contribution is 0.000815. The van der Waals surface area contributed by atoms with E-state index in [2.05, 4.69) is 4.98 Å². The highest BCUT2D eigenvalue weighted by Crippen LogP contribution is 2.10. The van der Waals surface area contributed by atoms with Crippen LogP contribution in [0.1, 0.15) is 10.4 Å². The summed E-state index contributed by atoms with van der Waals surface area (Å²) >= 11 is 0. The molecule has 6 nitrogen and oxygen atoms in total. The highest BCUT2D eigenvalue weighted by atomic mass is 16.5. The number of morpholine rings is 1. The first-order valence-corrected chi connectivity index (χ1v) is 5.50. The number of carbonyl (C=O) groups excluding carboxylic acids is 1. The minimum absolute atomic E-state index is 0.0943. The molecule has 6 heteroatoms. The molecule has 0 radical (unpaired) electrons. The quantitative estimate of drug-likeness (QED) is 0.703. The van der Waals surface area contributed by atoms with E-state index in [1.165, 1.54) is 18.3 Å². The van der Waals surface area contributed by atoms with E-state index in [0.717, 1.165) is 0 Å². The second-order valence-corrected chi connectivity index (χ2v) is 3.90. The summed E-state index contributed by atoms with van der Waals surface area (Å²) in [6.45, 7) is 1.88. The number of nitrogens with two attached hydrogens (primary N) is 1. The maximum atomic E-state index is 12.2. The van der Waals surface area contributed by atoms with Gasteiger partial charge in [-0.1, -0.05) is 0 Å². The monoisotopic (exact) mass is 237 g/mol. The molecule has 0 saturated carbocycles. The Balaban J connectivity index is 2.18. The lowest BCUT2D eigenvalue weighted by atomic mass is 10.1. The number of amides is 1. The lowest BCUT2D eigenvalue weighted by Crippen LogP contribution is -2.52. The van der Waals surface area contributed by atoms with E-state index in [-0.39, 0.29) is 17.5 Å². The number of ether oxygens (including phenoxy) is 1. The Bertz CT molecular complexity index is 437. The molecule has 3 N–H and O–H groups in total. The zero-order chi connectivity index (χ0) is 12.3.